The van der Waals surface area contributed by atoms with E-state index in [1.807, 2.05) is 11.5 Å². The Kier molecular flexibility index (Phi) is 3.01. The van der Waals surface area contributed by atoms with Gasteiger partial charge in [-0.3, -0.25) is 10.2 Å². The van der Waals surface area contributed by atoms with E-state index in [-0.39, 0.29) is 11.4 Å². The Bertz CT molecular complexity index is 462. The summed E-state index contributed by atoms with van der Waals surface area (Å²) in [6.07, 6.45) is 1.26. The van der Waals surface area contributed by atoms with E-state index in [2.05, 4.69) is 4.98 Å². The van der Waals surface area contributed by atoms with E-state index in [4.69, 9.17) is 16.4 Å². The number of hydrogen-bond donors (Lipinski definition) is 2. The third kappa shape index (κ3) is 1.77. The number of hydrogen-bond acceptors (Lipinski definition) is 5. The summed E-state index contributed by atoms with van der Waals surface area (Å²) in [6, 6.07) is 2.89. The molecule has 1 heterocycles. The number of rotatable bonds is 2. The number of carbonyl (C=O) groups is 1. The number of carbonyl (C=O) groups excluding carboxylic acids is 1. The molecule has 1 unspecified atom stereocenters. The van der Waals surface area contributed by atoms with E-state index in [0.717, 1.165) is 0 Å². The third-order valence-electron chi connectivity index (χ3n) is 1.94. The molecule has 7 nitrogen and oxygen atoms in total. The minimum absolute atomic E-state index is 0.00540. The lowest BCUT2D eigenvalue weighted by atomic mass is 10.3. The van der Waals surface area contributed by atoms with E-state index < -0.39 is 11.9 Å². The first kappa shape index (κ1) is 10.7. The molecule has 0 fully saturated rings. The van der Waals surface area contributed by atoms with Crippen LogP contribution in [0.1, 0.15) is 24.4 Å². The van der Waals surface area contributed by atoms with E-state index >= 15 is 0 Å². The van der Waals surface area contributed by atoms with Gasteiger partial charge in [0.15, 0.2) is 11.4 Å². The Labute approximate surface area is 85.7 Å². The van der Waals surface area contributed by atoms with Gasteiger partial charge in [-0.15, -0.1) is 0 Å². The van der Waals surface area contributed by atoms with Gasteiger partial charge < -0.3 is 4.57 Å². The highest BCUT2D eigenvalue weighted by molar-refractivity contribution is 5.79. The molecule has 1 atom stereocenters. The third-order valence-corrected chi connectivity index (χ3v) is 1.94. The average molecular weight is 204 g/mol. The minimum Gasteiger partial charge on any atom is -0.309 e. The molecule has 0 bridgehead atoms. The molecule has 0 aliphatic carbocycles. The fourth-order valence-electron chi connectivity index (χ4n) is 1.09. The monoisotopic (exact) mass is 204 g/mol. The standard InChI is InChI=1S/C8H8N6O/c1-5(8(15)13-11)14-4-12-6(2-9)7(14)3-10/h4-5H,11H2,1H3,(H,13,15). The Morgan fingerprint density at radius 3 is 2.80 bits per heavy atom. The van der Waals surface area contributed by atoms with Crippen LogP contribution in [-0.2, 0) is 4.79 Å². The van der Waals surface area contributed by atoms with Crippen molar-refractivity contribution in [1.29, 1.82) is 10.5 Å². The van der Waals surface area contributed by atoms with Gasteiger partial charge in [0, 0.05) is 0 Å². The molecular weight excluding hydrogens is 196 g/mol. The van der Waals surface area contributed by atoms with Crippen molar-refractivity contribution < 1.29 is 4.79 Å². The Balaban J connectivity index is 3.18. The van der Waals surface area contributed by atoms with E-state index in [1.165, 1.54) is 10.9 Å². The molecule has 1 aromatic rings. The Hall–Kier alpha value is -2.38. The molecule has 1 aromatic heterocycles. The predicted molar refractivity (Wildman–Crippen MR) is 48.7 cm³/mol. The molecule has 0 saturated heterocycles. The van der Waals surface area contributed by atoms with Gasteiger partial charge in [-0.25, -0.2) is 10.8 Å². The topological polar surface area (TPSA) is 121 Å². The summed E-state index contributed by atoms with van der Waals surface area (Å²) < 4.78 is 1.29. The summed E-state index contributed by atoms with van der Waals surface area (Å²) in [4.78, 5) is 14.9. The molecule has 0 spiro atoms. The zero-order valence-electron chi connectivity index (χ0n) is 7.93. The van der Waals surface area contributed by atoms with Gasteiger partial charge in [0.1, 0.15) is 18.2 Å². The Morgan fingerprint density at radius 2 is 2.33 bits per heavy atom. The van der Waals surface area contributed by atoms with E-state index in [0.29, 0.717) is 0 Å². The fourth-order valence-corrected chi connectivity index (χ4v) is 1.09. The van der Waals surface area contributed by atoms with Crippen LogP contribution in [0.15, 0.2) is 6.33 Å². The van der Waals surface area contributed by atoms with Gasteiger partial charge in [0.25, 0.3) is 5.91 Å². The molecule has 7 heteroatoms. The molecule has 1 rings (SSSR count). The van der Waals surface area contributed by atoms with Gasteiger partial charge in [-0.1, -0.05) is 0 Å². The number of nitrogens with one attached hydrogen (secondary N) is 1. The highest BCUT2D eigenvalue weighted by Gasteiger charge is 2.19. The van der Waals surface area contributed by atoms with Gasteiger partial charge in [-0.2, -0.15) is 10.5 Å². The van der Waals surface area contributed by atoms with Crippen LogP contribution in [0.2, 0.25) is 0 Å². The second-order valence-corrected chi connectivity index (χ2v) is 2.76. The van der Waals surface area contributed by atoms with Crippen molar-refractivity contribution in [2.24, 2.45) is 5.84 Å². The zero-order chi connectivity index (χ0) is 11.4. The highest BCUT2D eigenvalue weighted by Crippen LogP contribution is 2.12. The summed E-state index contributed by atoms with van der Waals surface area (Å²) in [7, 11) is 0. The second kappa shape index (κ2) is 4.22. The number of nitriles is 2. The minimum atomic E-state index is -0.681. The predicted octanol–water partition coefficient (Wildman–Crippen LogP) is -0.823. The molecule has 0 aliphatic heterocycles. The number of imidazole rings is 1. The summed E-state index contributed by atoms with van der Waals surface area (Å²) >= 11 is 0. The van der Waals surface area contributed by atoms with Crippen LogP contribution in [0.3, 0.4) is 0 Å². The van der Waals surface area contributed by atoms with Crippen molar-refractivity contribution in [3.63, 3.8) is 0 Å². The van der Waals surface area contributed by atoms with Crippen molar-refractivity contribution in [2.75, 3.05) is 0 Å². The van der Waals surface area contributed by atoms with Gasteiger partial charge in [-0.05, 0) is 6.92 Å². The average Bonchev–Trinajstić information content (AvgIpc) is 2.69. The fraction of sp³-hybridized carbons (Fsp3) is 0.250. The number of nitrogens with zero attached hydrogens (tertiary/aromatic N) is 4. The van der Waals surface area contributed by atoms with Crippen LogP contribution in [0.25, 0.3) is 0 Å². The molecule has 3 N–H and O–H groups in total. The first-order valence-corrected chi connectivity index (χ1v) is 4.03. The van der Waals surface area contributed by atoms with Crippen LogP contribution >= 0.6 is 0 Å². The van der Waals surface area contributed by atoms with Crippen LogP contribution in [0.4, 0.5) is 0 Å². The van der Waals surface area contributed by atoms with Crippen molar-refractivity contribution in [1.82, 2.24) is 15.0 Å². The number of nitrogens with two attached hydrogens (primary N) is 1. The maximum Gasteiger partial charge on any atom is 0.256 e. The quantitative estimate of drug-likeness (QED) is 0.370. The largest absolute Gasteiger partial charge is 0.309 e. The smallest absolute Gasteiger partial charge is 0.256 e. The van der Waals surface area contributed by atoms with Crippen molar-refractivity contribution >= 4 is 5.91 Å². The van der Waals surface area contributed by atoms with E-state index in [1.54, 1.807) is 13.0 Å². The van der Waals surface area contributed by atoms with Crippen LogP contribution in [0, 0.1) is 22.7 Å². The van der Waals surface area contributed by atoms with Crippen LogP contribution in [0.5, 0.6) is 0 Å². The van der Waals surface area contributed by atoms with E-state index in [9.17, 15) is 4.79 Å². The van der Waals surface area contributed by atoms with Gasteiger partial charge in [0.2, 0.25) is 0 Å². The van der Waals surface area contributed by atoms with Crippen molar-refractivity contribution in [3.8, 4) is 12.1 Å². The molecular formula is C8H8N6O. The first-order chi connectivity index (χ1) is 7.15. The van der Waals surface area contributed by atoms with Crippen LogP contribution < -0.4 is 11.3 Å². The molecule has 76 valence electrons. The summed E-state index contributed by atoms with van der Waals surface area (Å²) in [6.45, 7) is 1.55. The molecule has 0 aliphatic rings. The molecule has 15 heavy (non-hydrogen) atoms. The Morgan fingerprint density at radius 1 is 1.67 bits per heavy atom. The number of amides is 1. The molecule has 0 aromatic carbocycles. The molecule has 0 radical (unpaired) electrons. The number of hydrazine groups is 1. The highest BCUT2D eigenvalue weighted by atomic mass is 16.2. The zero-order valence-corrected chi connectivity index (χ0v) is 7.93. The summed E-state index contributed by atoms with van der Waals surface area (Å²) in [5.74, 6) is 4.50. The van der Waals surface area contributed by atoms with Crippen molar-refractivity contribution in [2.45, 2.75) is 13.0 Å². The van der Waals surface area contributed by atoms with Gasteiger partial charge >= 0.3 is 0 Å². The lowest BCUT2D eigenvalue weighted by molar-refractivity contribution is -0.123. The summed E-state index contributed by atoms with van der Waals surface area (Å²) in [5, 5.41) is 17.4. The molecule has 0 saturated carbocycles. The van der Waals surface area contributed by atoms with Gasteiger partial charge in [0.05, 0.1) is 6.33 Å². The first-order valence-electron chi connectivity index (χ1n) is 4.03. The summed E-state index contributed by atoms with van der Waals surface area (Å²) in [5.41, 5.74) is 2.01. The maximum absolute atomic E-state index is 11.2. The lowest BCUT2D eigenvalue weighted by Crippen LogP contribution is -2.36. The van der Waals surface area contributed by atoms with Crippen molar-refractivity contribution in [3.05, 3.63) is 17.7 Å². The number of aromatic nitrogens is 2. The second-order valence-electron chi connectivity index (χ2n) is 2.76. The molecule has 1 amide bonds. The maximum atomic E-state index is 11.2. The normalized spacial score (nSPS) is 11.2. The SMILES string of the molecule is CC(C(=O)NN)n1cnc(C#N)c1C#N. The van der Waals surface area contributed by atoms with Crippen LogP contribution in [-0.4, -0.2) is 15.5 Å². The lowest BCUT2D eigenvalue weighted by Gasteiger charge is -2.11.